The predicted octanol–water partition coefficient (Wildman–Crippen LogP) is 6.11. The molecule has 0 N–H and O–H groups in total. The molecule has 0 aliphatic carbocycles. The van der Waals surface area contributed by atoms with Gasteiger partial charge in [0.15, 0.2) is 0 Å². The zero-order chi connectivity index (χ0) is 15.1. The van der Waals surface area contributed by atoms with Crippen LogP contribution < -0.4 is 0 Å². The molecule has 1 aromatic carbocycles. The van der Waals surface area contributed by atoms with Gasteiger partial charge in [-0.05, 0) is 55.7 Å². The molecule has 0 spiro atoms. The molecule has 0 saturated carbocycles. The van der Waals surface area contributed by atoms with Crippen molar-refractivity contribution in [2.75, 3.05) is 0 Å². The standard InChI is InChI=1S/C20H30/c1-7-16(4)13-20(12-15(2)3)18(6)14-19-11-9-8-10-17(19)5/h8-13,16,18H,7,14H2,1-6H3. The Bertz CT molecular complexity index is 473. The van der Waals surface area contributed by atoms with Crippen LogP contribution in [0.5, 0.6) is 0 Å². The van der Waals surface area contributed by atoms with Crippen molar-refractivity contribution < 1.29 is 0 Å². The summed E-state index contributed by atoms with van der Waals surface area (Å²) in [7, 11) is 0. The number of aryl methyl sites for hydroxylation is 1. The lowest BCUT2D eigenvalue weighted by Crippen LogP contribution is -2.05. The Morgan fingerprint density at radius 2 is 1.80 bits per heavy atom. The second kappa shape index (κ2) is 8.09. The molecule has 0 heteroatoms. The number of rotatable bonds is 6. The Morgan fingerprint density at radius 3 is 2.35 bits per heavy atom. The van der Waals surface area contributed by atoms with Crippen LogP contribution in [-0.2, 0) is 6.42 Å². The molecule has 0 bridgehead atoms. The lowest BCUT2D eigenvalue weighted by molar-refractivity contribution is 0.647. The van der Waals surface area contributed by atoms with Gasteiger partial charge in [-0.25, -0.2) is 0 Å². The fourth-order valence-electron chi connectivity index (χ4n) is 2.42. The molecule has 1 rings (SSSR count). The SMILES string of the molecule is CCC(C)C=C(C=C(C)C)C(C)Cc1ccccc1C. The van der Waals surface area contributed by atoms with Crippen LogP contribution in [0.25, 0.3) is 0 Å². The number of hydrogen-bond donors (Lipinski definition) is 0. The van der Waals surface area contributed by atoms with E-state index in [2.05, 4.69) is 78.0 Å². The molecule has 0 fully saturated rings. The maximum absolute atomic E-state index is 2.45. The van der Waals surface area contributed by atoms with Gasteiger partial charge in [-0.1, -0.05) is 69.2 Å². The van der Waals surface area contributed by atoms with E-state index < -0.39 is 0 Å². The molecule has 110 valence electrons. The van der Waals surface area contributed by atoms with Crippen molar-refractivity contribution in [2.24, 2.45) is 11.8 Å². The van der Waals surface area contributed by atoms with Crippen LogP contribution in [-0.4, -0.2) is 0 Å². The van der Waals surface area contributed by atoms with Gasteiger partial charge in [-0.2, -0.15) is 0 Å². The molecule has 0 saturated heterocycles. The highest BCUT2D eigenvalue weighted by molar-refractivity contribution is 5.30. The smallest absolute Gasteiger partial charge is 0.0153 e. The molecule has 0 radical (unpaired) electrons. The first-order chi connectivity index (χ1) is 9.43. The second-order valence-corrected chi connectivity index (χ2v) is 6.31. The highest BCUT2D eigenvalue weighted by atomic mass is 14.2. The number of hydrogen-bond acceptors (Lipinski definition) is 0. The highest BCUT2D eigenvalue weighted by Gasteiger charge is 2.10. The molecular weight excluding hydrogens is 240 g/mol. The summed E-state index contributed by atoms with van der Waals surface area (Å²) in [5, 5.41) is 0. The highest BCUT2D eigenvalue weighted by Crippen LogP contribution is 2.23. The molecule has 0 amide bonds. The Morgan fingerprint density at radius 1 is 1.15 bits per heavy atom. The van der Waals surface area contributed by atoms with E-state index in [1.165, 1.54) is 28.7 Å². The normalized spacial score (nSPS) is 14.8. The van der Waals surface area contributed by atoms with Crippen LogP contribution in [0.2, 0.25) is 0 Å². The van der Waals surface area contributed by atoms with E-state index in [0.717, 1.165) is 6.42 Å². The van der Waals surface area contributed by atoms with Crippen molar-refractivity contribution in [1.29, 1.82) is 0 Å². The number of benzene rings is 1. The molecule has 2 atom stereocenters. The fourth-order valence-corrected chi connectivity index (χ4v) is 2.42. The third-order valence-electron chi connectivity index (χ3n) is 3.93. The van der Waals surface area contributed by atoms with Crippen LogP contribution in [0.4, 0.5) is 0 Å². The maximum atomic E-state index is 2.45. The quantitative estimate of drug-likeness (QED) is 0.547. The van der Waals surface area contributed by atoms with Gasteiger partial charge in [0.05, 0.1) is 0 Å². The fraction of sp³-hybridized carbons (Fsp3) is 0.500. The Labute approximate surface area is 125 Å². The topological polar surface area (TPSA) is 0 Å². The lowest BCUT2D eigenvalue weighted by Gasteiger charge is -2.17. The van der Waals surface area contributed by atoms with Crippen LogP contribution in [0.1, 0.15) is 52.2 Å². The first-order valence-electron chi connectivity index (χ1n) is 7.85. The van der Waals surface area contributed by atoms with Gasteiger partial charge in [-0.15, -0.1) is 0 Å². The summed E-state index contributed by atoms with van der Waals surface area (Å²) < 4.78 is 0. The summed E-state index contributed by atoms with van der Waals surface area (Å²) in [6, 6.07) is 8.74. The first-order valence-corrected chi connectivity index (χ1v) is 7.85. The average molecular weight is 270 g/mol. The van der Waals surface area contributed by atoms with Gasteiger partial charge < -0.3 is 0 Å². The molecule has 0 aliphatic heterocycles. The van der Waals surface area contributed by atoms with Crippen molar-refractivity contribution in [1.82, 2.24) is 0 Å². The second-order valence-electron chi connectivity index (χ2n) is 6.31. The minimum absolute atomic E-state index is 0.569. The van der Waals surface area contributed by atoms with Gasteiger partial charge in [0, 0.05) is 0 Å². The van der Waals surface area contributed by atoms with E-state index >= 15 is 0 Å². The minimum Gasteiger partial charge on any atom is -0.0782 e. The van der Waals surface area contributed by atoms with E-state index in [1.807, 2.05) is 0 Å². The molecule has 0 heterocycles. The largest absolute Gasteiger partial charge is 0.0782 e. The van der Waals surface area contributed by atoms with Gasteiger partial charge in [0.1, 0.15) is 0 Å². The molecule has 1 aromatic rings. The summed E-state index contributed by atoms with van der Waals surface area (Å²) in [6.45, 7) is 13.5. The third-order valence-corrected chi connectivity index (χ3v) is 3.93. The first kappa shape index (κ1) is 16.8. The Hall–Kier alpha value is -1.30. The molecule has 2 unspecified atom stereocenters. The summed E-state index contributed by atoms with van der Waals surface area (Å²) in [5.41, 5.74) is 5.75. The lowest BCUT2D eigenvalue weighted by atomic mass is 9.88. The predicted molar refractivity (Wildman–Crippen MR) is 91.0 cm³/mol. The average Bonchev–Trinajstić information content (AvgIpc) is 2.39. The van der Waals surface area contributed by atoms with Crippen molar-refractivity contribution in [2.45, 2.75) is 54.4 Å². The molecular formula is C20H30. The molecule has 0 aromatic heterocycles. The monoisotopic (exact) mass is 270 g/mol. The zero-order valence-corrected chi connectivity index (χ0v) is 14.0. The van der Waals surface area contributed by atoms with Crippen LogP contribution in [0.15, 0.2) is 47.6 Å². The third kappa shape index (κ3) is 5.36. The van der Waals surface area contributed by atoms with Crippen LogP contribution >= 0.6 is 0 Å². The van der Waals surface area contributed by atoms with Crippen LogP contribution in [0.3, 0.4) is 0 Å². The van der Waals surface area contributed by atoms with E-state index in [-0.39, 0.29) is 0 Å². The summed E-state index contributed by atoms with van der Waals surface area (Å²) in [6.07, 6.45) is 7.14. The van der Waals surface area contributed by atoms with E-state index in [0.29, 0.717) is 11.8 Å². The molecule has 0 aliphatic rings. The van der Waals surface area contributed by atoms with E-state index in [4.69, 9.17) is 0 Å². The van der Waals surface area contributed by atoms with E-state index in [9.17, 15) is 0 Å². The molecule has 20 heavy (non-hydrogen) atoms. The van der Waals surface area contributed by atoms with Gasteiger partial charge >= 0.3 is 0 Å². The van der Waals surface area contributed by atoms with Crippen molar-refractivity contribution in [3.63, 3.8) is 0 Å². The maximum Gasteiger partial charge on any atom is -0.0153 e. The zero-order valence-electron chi connectivity index (χ0n) is 14.0. The summed E-state index contributed by atoms with van der Waals surface area (Å²) in [5.74, 6) is 1.22. The Balaban J connectivity index is 2.94. The summed E-state index contributed by atoms with van der Waals surface area (Å²) >= 11 is 0. The van der Waals surface area contributed by atoms with Crippen LogP contribution in [0, 0.1) is 18.8 Å². The Kier molecular flexibility index (Phi) is 6.78. The number of allylic oxidation sites excluding steroid dienone is 4. The van der Waals surface area contributed by atoms with Crippen molar-refractivity contribution >= 4 is 0 Å². The van der Waals surface area contributed by atoms with Gasteiger partial charge in [0.2, 0.25) is 0 Å². The van der Waals surface area contributed by atoms with E-state index in [1.54, 1.807) is 0 Å². The summed E-state index contributed by atoms with van der Waals surface area (Å²) in [4.78, 5) is 0. The minimum atomic E-state index is 0.569. The van der Waals surface area contributed by atoms with Gasteiger partial charge in [0.25, 0.3) is 0 Å². The van der Waals surface area contributed by atoms with Crippen molar-refractivity contribution in [3.05, 3.63) is 58.7 Å². The van der Waals surface area contributed by atoms with Gasteiger partial charge in [-0.3, -0.25) is 0 Å². The van der Waals surface area contributed by atoms with Crippen molar-refractivity contribution in [3.8, 4) is 0 Å². The molecule has 0 nitrogen and oxygen atoms in total.